The summed E-state index contributed by atoms with van der Waals surface area (Å²) in [5.41, 5.74) is 5.92. The van der Waals surface area contributed by atoms with Crippen LogP contribution in [-0.4, -0.2) is 33.2 Å². The van der Waals surface area contributed by atoms with E-state index < -0.39 is 0 Å². The first-order valence-corrected chi connectivity index (χ1v) is 8.71. The molecule has 5 rings (SSSR count). The molecule has 1 N–H and O–H groups in total. The number of rotatable bonds is 3. The molecular formula is C20H20N4O. The number of aromatic amines is 1. The number of aromatic nitrogens is 3. The van der Waals surface area contributed by atoms with E-state index >= 15 is 0 Å². The standard InChI is InChI=1S/C20H20N4O/c1-2-6-18-16(4-1)13-25-20(18)7-9-24(14-20)12-17-11-22-23-19(17)15-5-3-8-21-10-15/h1-6,8,10-11H,7,9,12-14H2,(H,22,23). The van der Waals surface area contributed by atoms with E-state index in [-0.39, 0.29) is 5.60 Å². The third kappa shape index (κ3) is 2.47. The molecule has 1 fully saturated rings. The van der Waals surface area contributed by atoms with E-state index in [1.54, 1.807) is 6.20 Å². The first kappa shape index (κ1) is 14.8. The maximum absolute atomic E-state index is 6.26. The van der Waals surface area contributed by atoms with Gasteiger partial charge >= 0.3 is 0 Å². The van der Waals surface area contributed by atoms with Crippen LogP contribution in [0, 0.1) is 0 Å². The van der Waals surface area contributed by atoms with E-state index in [1.807, 2.05) is 18.5 Å². The highest BCUT2D eigenvalue weighted by Gasteiger charge is 2.45. The van der Waals surface area contributed by atoms with Gasteiger partial charge in [-0.3, -0.25) is 15.0 Å². The first-order chi connectivity index (χ1) is 12.3. The SMILES string of the molecule is c1cncc(-c2[nH]ncc2CN2CCC3(C2)OCc2ccccc23)c1. The molecular weight excluding hydrogens is 312 g/mol. The number of H-pyrrole nitrogens is 1. The summed E-state index contributed by atoms with van der Waals surface area (Å²) in [4.78, 5) is 6.68. The summed E-state index contributed by atoms with van der Waals surface area (Å²) < 4.78 is 6.26. The Morgan fingerprint density at radius 1 is 1.16 bits per heavy atom. The Bertz CT molecular complexity index is 891. The molecule has 0 aliphatic carbocycles. The van der Waals surface area contributed by atoms with Crippen LogP contribution in [0.2, 0.25) is 0 Å². The summed E-state index contributed by atoms with van der Waals surface area (Å²) in [5.74, 6) is 0. The highest BCUT2D eigenvalue weighted by Crippen LogP contribution is 2.43. The predicted octanol–water partition coefficient (Wildman–Crippen LogP) is 3.10. The summed E-state index contributed by atoms with van der Waals surface area (Å²) in [6.45, 7) is 3.57. The summed E-state index contributed by atoms with van der Waals surface area (Å²) >= 11 is 0. The molecule has 5 heteroatoms. The van der Waals surface area contributed by atoms with Gasteiger partial charge in [-0.25, -0.2) is 0 Å². The molecule has 5 nitrogen and oxygen atoms in total. The monoisotopic (exact) mass is 332 g/mol. The Labute approximate surface area is 146 Å². The molecule has 2 aliphatic heterocycles. The van der Waals surface area contributed by atoms with Crippen molar-refractivity contribution in [3.63, 3.8) is 0 Å². The van der Waals surface area contributed by atoms with Gasteiger partial charge in [0.15, 0.2) is 0 Å². The fourth-order valence-electron chi connectivity index (χ4n) is 4.15. The molecule has 3 aromatic rings. The smallest absolute Gasteiger partial charge is 0.108 e. The van der Waals surface area contributed by atoms with Crippen molar-refractivity contribution in [2.75, 3.05) is 13.1 Å². The highest BCUT2D eigenvalue weighted by molar-refractivity contribution is 5.61. The van der Waals surface area contributed by atoms with Crippen LogP contribution in [0.3, 0.4) is 0 Å². The Morgan fingerprint density at radius 3 is 3.04 bits per heavy atom. The third-order valence-electron chi connectivity index (χ3n) is 5.39. The topological polar surface area (TPSA) is 54.0 Å². The van der Waals surface area contributed by atoms with Crippen molar-refractivity contribution in [1.82, 2.24) is 20.1 Å². The second-order valence-electron chi connectivity index (χ2n) is 6.91. The van der Waals surface area contributed by atoms with E-state index in [1.165, 1.54) is 16.7 Å². The molecule has 1 spiro atoms. The molecule has 1 atom stereocenters. The van der Waals surface area contributed by atoms with Gasteiger partial charge in [0.05, 0.1) is 18.5 Å². The quantitative estimate of drug-likeness (QED) is 0.801. The third-order valence-corrected chi connectivity index (χ3v) is 5.39. The van der Waals surface area contributed by atoms with Crippen LogP contribution in [0.25, 0.3) is 11.3 Å². The van der Waals surface area contributed by atoms with E-state index in [2.05, 4.69) is 50.4 Å². The molecule has 0 saturated carbocycles. The molecule has 1 unspecified atom stereocenters. The number of ether oxygens (including phenoxy) is 1. The number of nitrogens with one attached hydrogen (secondary N) is 1. The van der Waals surface area contributed by atoms with Crippen LogP contribution in [0.4, 0.5) is 0 Å². The van der Waals surface area contributed by atoms with Gasteiger partial charge in [-0.15, -0.1) is 0 Å². The van der Waals surface area contributed by atoms with Crippen molar-refractivity contribution in [3.05, 3.63) is 71.7 Å². The lowest BCUT2D eigenvalue weighted by Crippen LogP contribution is -2.30. The Hall–Kier alpha value is -2.50. The van der Waals surface area contributed by atoms with Crippen molar-refractivity contribution < 1.29 is 4.74 Å². The van der Waals surface area contributed by atoms with Crippen LogP contribution in [0.15, 0.2) is 55.0 Å². The average Bonchev–Trinajstić information content (AvgIpc) is 3.37. The minimum Gasteiger partial charge on any atom is -0.364 e. The van der Waals surface area contributed by atoms with Crippen LogP contribution in [-0.2, 0) is 23.5 Å². The highest BCUT2D eigenvalue weighted by atomic mass is 16.5. The molecule has 126 valence electrons. The molecule has 0 radical (unpaired) electrons. The number of hydrogen-bond acceptors (Lipinski definition) is 4. The lowest BCUT2D eigenvalue weighted by molar-refractivity contribution is -0.0299. The number of likely N-dealkylation sites (tertiary alicyclic amines) is 1. The van der Waals surface area contributed by atoms with E-state index in [4.69, 9.17) is 4.74 Å². The summed E-state index contributed by atoms with van der Waals surface area (Å²) in [6.07, 6.45) is 6.64. The fraction of sp³-hybridized carbons (Fsp3) is 0.300. The molecule has 0 bridgehead atoms. The minimum atomic E-state index is -0.130. The van der Waals surface area contributed by atoms with Gasteiger partial charge in [0.25, 0.3) is 0 Å². The minimum absolute atomic E-state index is 0.130. The Kier molecular flexibility index (Phi) is 3.43. The largest absolute Gasteiger partial charge is 0.364 e. The van der Waals surface area contributed by atoms with E-state index in [0.717, 1.165) is 43.9 Å². The van der Waals surface area contributed by atoms with Gasteiger partial charge in [-0.05, 0) is 29.7 Å². The zero-order valence-electron chi connectivity index (χ0n) is 14.0. The van der Waals surface area contributed by atoms with Crippen molar-refractivity contribution in [1.29, 1.82) is 0 Å². The van der Waals surface area contributed by atoms with Gasteiger partial charge in [-0.2, -0.15) is 5.10 Å². The average molecular weight is 332 g/mol. The van der Waals surface area contributed by atoms with Gasteiger partial charge < -0.3 is 4.74 Å². The van der Waals surface area contributed by atoms with Gasteiger partial charge in [-0.1, -0.05) is 24.3 Å². The number of fused-ring (bicyclic) bond motifs is 2. The summed E-state index contributed by atoms with van der Waals surface area (Å²) in [7, 11) is 0. The van der Waals surface area contributed by atoms with Gasteiger partial charge in [0, 0.05) is 43.2 Å². The van der Waals surface area contributed by atoms with Crippen molar-refractivity contribution in [2.24, 2.45) is 0 Å². The maximum atomic E-state index is 6.26. The predicted molar refractivity (Wildman–Crippen MR) is 94.6 cm³/mol. The molecule has 25 heavy (non-hydrogen) atoms. The second kappa shape index (κ2) is 5.79. The van der Waals surface area contributed by atoms with E-state index in [0.29, 0.717) is 0 Å². The normalized spacial score (nSPS) is 22.6. The van der Waals surface area contributed by atoms with Crippen molar-refractivity contribution in [3.8, 4) is 11.3 Å². The Balaban J connectivity index is 1.37. The van der Waals surface area contributed by atoms with Gasteiger partial charge in [0.1, 0.15) is 5.60 Å². The lowest BCUT2D eigenvalue weighted by Gasteiger charge is -2.25. The molecule has 4 heterocycles. The molecule has 0 amide bonds. The van der Waals surface area contributed by atoms with Crippen molar-refractivity contribution >= 4 is 0 Å². The van der Waals surface area contributed by atoms with Crippen LogP contribution in [0.5, 0.6) is 0 Å². The zero-order chi connectivity index (χ0) is 16.7. The molecule has 2 aromatic heterocycles. The lowest BCUT2D eigenvalue weighted by atomic mass is 9.92. The van der Waals surface area contributed by atoms with Crippen LogP contribution < -0.4 is 0 Å². The number of hydrogen-bond donors (Lipinski definition) is 1. The number of pyridine rings is 1. The number of nitrogens with zero attached hydrogens (tertiary/aromatic N) is 3. The zero-order valence-corrected chi connectivity index (χ0v) is 14.0. The summed E-state index contributed by atoms with van der Waals surface area (Å²) in [5, 5.41) is 7.38. The summed E-state index contributed by atoms with van der Waals surface area (Å²) in [6, 6.07) is 12.6. The van der Waals surface area contributed by atoms with E-state index in [9.17, 15) is 0 Å². The molecule has 1 aromatic carbocycles. The molecule has 2 aliphatic rings. The second-order valence-corrected chi connectivity index (χ2v) is 6.91. The van der Waals surface area contributed by atoms with Crippen LogP contribution in [0.1, 0.15) is 23.1 Å². The maximum Gasteiger partial charge on any atom is 0.108 e. The fourth-order valence-corrected chi connectivity index (χ4v) is 4.15. The number of benzene rings is 1. The Morgan fingerprint density at radius 2 is 2.12 bits per heavy atom. The van der Waals surface area contributed by atoms with Crippen LogP contribution >= 0.6 is 0 Å². The van der Waals surface area contributed by atoms with Crippen molar-refractivity contribution in [2.45, 2.75) is 25.2 Å². The van der Waals surface area contributed by atoms with Gasteiger partial charge in [0.2, 0.25) is 0 Å². The molecule has 1 saturated heterocycles. The first-order valence-electron chi connectivity index (χ1n) is 8.71.